The van der Waals surface area contributed by atoms with E-state index in [1.54, 1.807) is 0 Å². The maximum absolute atomic E-state index is 6.53. The summed E-state index contributed by atoms with van der Waals surface area (Å²) in [4.78, 5) is 0. The Bertz CT molecular complexity index is 2760. The minimum absolute atomic E-state index is 0.903. The van der Waals surface area contributed by atoms with Crippen LogP contribution < -0.4 is 0 Å². The largest absolute Gasteiger partial charge is 0.454 e. The van der Waals surface area contributed by atoms with Crippen LogP contribution in [-0.2, 0) is 0 Å². The van der Waals surface area contributed by atoms with Crippen LogP contribution in [0.4, 0.5) is 0 Å². The summed E-state index contributed by atoms with van der Waals surface area (Å²) in [5, 5.41) is 7.24. The molecule has 3 aromatic heterocycles. The summed E-state index contributed by atoms with van der Waals surface area (Å²) >= 11 is 0. The predicted molar refractivity (Wildman–Crippen MR) is 188 cm³/mol. The molecule has 0 aliphatic rings. The molecule has 0 amide bonds. The van der Waals surface area contributed by atoms with Crippen LogP contribution in [0.3, 0.4) is 0 Å². The summed E-state index contributed by atoms with van der Waals surface area (Å²) in [5.74, 6) is 0. The molecular formula is C42H26N2O. The summed E-state index contributed by atoms with van der Waals surface area (Å²) in [7, 11) is 0. The average Bonchev–Trinajstić information content (AvgIpc) is 3.76. The fourth-order valence-electron chi connectivity index (χ4n) is 7.42. The lowest BCUT2D eigenvalue weighted by atomic mass is 9.98. The van der Waals surface area contributed by atoms with Crippen LogP contribution in [0.15, 0.2) is 162 Å². The number of nitrogens with zero attached hydrogens (tertiary/aromatic N) is 2. The van der Waals surface area contributed by atoms with E-state index in [1.165, 1.54) is 43.7 Å². The number of hydrogen-bond acceptors (Lipinski definition) is 1. The van der Waals surface area contributed by atoms with Crippen molar-refractivity contribution in [2.45, 2.75) is 0 Å². The molecule has 0 aliphatic heterocycles. The maximum Gasteiger partial charge on any atom is 0.159 e. The molecular weight excluding hydrogens is 548 g/mol. The Morgan fingerprint density at radius 3 is 1.91 bits per heavy atom. The summed E-state index contributed by atoms with van der Waals surface area (Å²) in [6.07, 6.45) is 0. The first-order valence-corrected chi connectivity index (χ1v) is 15.4. The first kappa shape index (κ1) is 24.4. The Labute approximate surface area is 258 Å². The highest BCUT2D eigenvalue weighted by Gasteiger charge is 2.20. The van der Waals surface area contributed by atoms with Crippen molar-refractivity contribution in [2.24, 2.45) is 0 Å². The van der Waals surface area contributed by atoms with E-state index in [2.05, 4.69) is 155 Å². The number of rotatable bonds is 3. The van der Waals surface area contributed by atoms with E-state index in [4.69, 9.17) is 4.42 Å². The molecule has 0 spiro atoms. The molecule has 7 aromatic carbocycles. The van der Waals surface area contributed by atoms with Crippen LogP contribution >= 0.6 is 0 Å². The monoisotopic (exact) mass is 574 g/mol. The van der Waals surface area contributed by atoms with E-state index in [0.717, 1.165) is 44.3 Å². The Morgan fingerprint density at radius 2 is 1.04 bits per heavy atom. The van der Waals surface area contributed by atoms with Gasteiger partial charge in [0, 0.05) is 38.0 Å². The highest BCUT2D eigenvalue weighted by Crippen LogP contribution is 2.42. The van der Waals surface area contributed by atoms with E-state index >= 15 is 0 Å². The van der Waals surface area contributed by atoms with Gasteiger partial charge in [-0.3, -0.25) is 0 Å². The SMILES string of the molecule is c1ccc(-n2c3ccccc3c3ccc(-c4cccc5c4c4ccccc4n5-c4cccc5c4oc4ccccc45)cc32)cc1. The molecule has 3 nitrogen and oxygen atoms in total. The van der Waals surface area contributed by atoms with Gasteiger partial charge in [-0.2, -0.15) is 0 Å². The fourth-order valence-corrected chi connectivity index (χ4v) is 7.42. The van der Waals surface area contributed by atoms with Gasteiger partial charge >= 0.3 is 0 Å². The first-order chi connectivity index (χ1) is 22.3. The van der Waals surface area contributed by atoms with Gasteiger partial charge in [0.2, 0.25) is 0 Å². The molecule has 0 aliphatic carbocycles. The fraction of sp³-hybridized carbons (Fsp3) is 0. The molecule has 45 heavy (non-hydrogen) atoms. The lowest BCUT2D eigenvalue weighted by Crippen LogP contribution is -1.94. The molecule has 0 atom stereocenters. The number of fused-ring (bicyclic) bond motifs is 9. The molecule has 10 aromatic rings. The van der Waals surface area contributed by atoms with Crippen molar-refractivity contribution in [1.82, 2.24) is 9.13 Å². The van der Waals surface area contributed by atoms with Crippen molar-refractivity contribution in [3.05, 3.63) is 158 Å². The molecule has 0 N–H and O–H groups in total. The quantitative estimate of drug-likeness (QED) is 0.206. The molecule has 210 valence electrons. The van der Waals surface area contributed by atoms with Crippen LogP contribution in [0, 0.1) is 0 Å². The number of furan rings is 1. The normalized spacial score (nSPS) is 12.0. The first-order valence-electron chi connectivity index (χ1n) is 15.4. The molecule has 3 heterocycles. The van der Waals surface area contributed by atoms with E-state index in [1.807, 2.05) is 12.1 Å². The third-order valence-corrected chi connectivity index (χ3v) is 9.32. The van der Waals surface area contributed by atoms with Crippen LogP contribution in [0.2, 0.25) is 0 Å². The number of hydrogen-bond donors (Lipinski definition) is 0. The molecule has 10 rings (SSSR count). The van der Waals surface area contributed by atoms with Gasteiger partial charge in [-0.15, -0.1) is 0 Å². The van der Waals surface area contributed by atoms with Crippen molar-refractivity contribution in [1.29, 1.82) is 0 Å². The van der Waals surface area contributed by atoms with Crippen molar-refractivity contribution < 1.29 is 4.42 Å². The van der Waals surface area contributed by atoms with E-state index in [-0.39, 0.29) is 0 Å². The molecule has 0 unspecified atom stereocenters. The van der Waals surface area contributed by atoms with Gasteiger partial charge in [-0.1, -0.05) is 109 Å². The summed E-state index contributed by atoms with van der Waals surface area (Å²) in [6.45, 7) is 0. The Hall–Kier alpha value is -6.06. The zero-order chi connectivity index (χ0) is 29.5. The average molecular weight is 575 g/mol. The van der Waals surface area contributed by atoms with Crippen LogP contribution in [0.5, 0.6) is 0 Å². The van der Waals surface area contributed by atoms with Crippen LogP contribution in [-0.4, -0.2) is 9.13 Å². The second kappa shape index (κ2) is 9.22. The van der Waals surface area contributed by atoms with Gasteiger partial charge < -0.3 is 13.6 Å². The van der Waals surface area contributed by atoms with E-state index < -0.39 is 0 Å². The summed E-state index contributed by atoms with van der Waals surface area (Å²) in [6, 6.07) is 56.5. The predicted octanol–water partition coefficient (Wildman–Crippen LogP) is 11.4. The smallest absolute Gasteiger partial charge is 0.159 e. The molecule has 0 saturated heterocycles. The maximum atomic E-state index is 6.53. The van der Waals surface area contributed by atoms with E-state index in [9.17, 15) is 0 Å². The minimum Gasteiger partial charge on any atom is -0.454 e. The van der Waals surface area contributed by atoms with Crippen molar-refractivity contribution in [3.8, 4) is 22.5 Å². The second-order valence-electron chi connectivity index (χ2n) is 11.7. The topological polar surface area (TPSA) is 23.0 Å². The van der Waals surface area contributed by atoms with Gasteiger partial charge in [0.25, 0.3) is 0 Å². The van der Waals surface area contributed by atoms with Crippen molar-refractivity contribution in [3.63, 3.8) is 0 Å². The Balaban J connectivity index is 1.28. The second-order valence-corrected chi connectivity index (χ2v) is 11.7. The van der Waals surface area contributed by atoms with Gasteiger partial charge in [0.15, 0.2) is 5.58 Å². The van der Waals surface area contributed by atoms with Gasteiger partial charge in [0.1, 0.15) is 5.58 Å². The van der Waals surface area contributed by atoms with Crippen molar-refractivity contribution >= 4 is 65.6 Å². The summed E-state index contributed by atoms with van der Waals surface area (Å²) < 4.78 is 11.3. The zero-order valence-corrected chi connectivity index (χ0v) is 24.3. The number of para-hydroxylation sites is 5. The third-order valence-electron chi connectivity index (χ3n) is 9.32. The number of aromatic nitrogens is 2. The Morgan fingerprint density at radius 1 is 0.400 bits per heavy atom. The summed E-state index contributed by atoms with van der Waals surface area (Å²) in [5.41, 5.74) is 11.2. The van der Waals surface area contributed by atoms with Crippen LogP contribution in [0.1, 0.15) is 0 Å². The van der Waals surface area contributed by atoms with Crippen LogP contribution in [0.25, 0.3) is 88.1 Å². The Kier molecular flexibility index (Phi) is 5.00. The van der Waals surface area contributed by atoms with Gasteiger partial charge in [-0.05, 0) is 59.7 Å². The molecule has 0 fully saturated rings. The van der Waals surface area contributed by atoms with E-state index in [0.29, 0.717) is 0 Å². The van der Waals surface area contributed by atoms with Gasteiger partial charge in [-0.25, -0.2) is 0 Å². The molecule has 0 bridgehead atoms. The van der Waals surface area contributed by atoms with Gasteiger partial charge in [0.05, 0.1) is 27.8 Å². The minimum atomic E-state index is 0.903. The lowest BCUT2D eigenvalue weighted by molar-refractivity contribution is 0.666. The molecule has 0 saturated carbocycles. The lowest BCUT2D eigenvalue weighted by Gasteiger charge is -2.11. The zero-order valence-electron chi connectivity index (χ0n) is 24.3. The number of benzene rings is 7. The molecule has 3 heteroatoms. The highest BCUT2D eigenvalue weighted by atomic mass is 16.3. The third kappa shape index (κ3) is 3.41. The standard InChI is InChI=1S/C42H26N2O/c1-2-12-28(13-3-1)43-35-19-7-4-14-30(35)31-25-24-27(26-39(31)43)29-17-10-21-37-41(29)34-16-5-8-20-36(34)44(37)38-22-11-18-33-32-15-6-9-23-40(32)45-42(33)38/h1-26H. The highest BCUT2D eigenvalue weighted by molar-refractivity contribution is 6.18. The molecule has 0 radical (unpaired) electrons. The van der Waals surface area contributed by atoms with Crippen molar-refractivity contribution in [2.75, 3.05) is 0 Å².